The first-order valence-corrected chi connectivity index (χ1v) is 26.5. The molecular weight excluding hydrogens is 1130 g/mol. The van der Waals surface area contributed by atoms with Crippen molar-refractivity contribution in [3.8, 4) is 73.2 Å². The van der Waals surface area contributed by atoms with Crippen LogP contribution in [0.5, 0.6) is 5.75 Å². The molecule has 3 aromatic heterocycles. The fourth-order valence-corrected chi connectivity index (χ4v) is 10.6. The molecule has 0 saturated heterocycles. The van der Waals surface area contributed by atoms with Crippen molar-refractivity contribution in [3.05, 3.63) is 210 Å². The molecule has 0 radical (unpaired) electrons. The molecule has 11 aromatic rings. The zero-order valence-corrected chi connectivity index (χ0v) is 48.4. The Kier molecular flexibility index (Phi) is 13.5. The van der Waals surface area contributed by atoms with Crippen LogP contribution in [-0.4, -0.2) is 24.2 Å². The molecule has 8 aromatic carbocycles. The average molecular weight is 1190 g/mol. The van der Waals surface area contributed by atoms with Crippen LogP contribution in [0.4, 0.5) is 4.39 Å². The number of benzene rings is 8. The van der Waals surface area contributed by atoms with Crippen LogP contribution in [0.15, 0.2) is 176 Å². The number of aromatic hydroxyl groups is 1. The van der Waals surface area contributed by atoms with Gasteiger partial charge in [-0.3, -0.25) is 9.55 Å². The summed E-state index contributed by atoms with van der Waals surface area (Å²) in [5, 5.41) is 14.0. The van der Waals surface area contributed by atoms with Gasteiger partial charge in [0.1, 0.15) is 17.4 Å². The molecule has 77 heavy (non-hydrogen) atoms. The van der Waals surface area contributed by atoms with Gasteiger partial charge in [-0.1, -0.05) is 173 Å². The second-order valence-corrected chi connectivity index (χ2v) is 24.7. The molecular formula is C70H66FN4OPt-. The molecule has 5 nitrogen and oxygen atoms in total. The fraction of sp³-hybridized carbons (Fsp3) is 0.229. The Hall–Kier alpha value is -7.40. The van der Waals surface area contributed by atoms with Crippen LogP contribution in [0.3, 0.4) is 0 Å². The van der Waals surface area contributed by atoms with E-state index in [1.807, 2.05) is 12.3 Å². The zero-order valence-electron chi connectivity index (χ0n) is 46.2. The van der Waals surface area contributed by atoms with E-state index in [9.17, 15) is 9.50 Å². The van der Waals surface area contributed by atoms with Gasteiger partial charge in [-0.05, 0) is 122 Å². The van der Waals surface area contributed by atoms with Gasteiger partial charge in [-0.25, -0.2) is 9.37 Å². The Bertz CT molecular complexity index is 4050. The minimum absolute atomic E-state index is 0. The van der Waals surface area contributed by atoms with Crippen LogP contribution in [0, 0.1) is 11.9 Å². The summed E-state index contributed by atoms with van der Waals surface area (Å²) in [4.78, 5) is 10.6. The van der Waals surface area contributed by atoms with Crippen molar-refractivity contribution in [3.63, 3.8) is 0 Å². The summed E-state index contributed by atoms with van der Waals surface area (Å²) in [6.07, 6.45) is 1.93. The normalized spacial score (nSPS) is 12.4. The quantitative estimate of drug-likeness (QED) is 0.162. The number of rotatable bonds is 7. The number of fused-ring (bicyclic) bond motifs is 4. The molecule has 3 heterocycles. The van der Waals surface area contributed by atoms with E-state index >= 15 is 0 Å². The van der Waals surface area contributed by atoms with E-state index in [0.717, 1.165) is 84.2 Å². The van der Waals surface area contributed by atoms with Crippen molar-refractivity contribution in [2.75, 3.05) is 0 Å². The third-order valence-electron chi connectivity index (χ3n) is 15.1. The second-order valence-electron chi connectivity index (χ2n) is 24.7. The SMILES string of the molecule is CC(C)(C)c1cc(-c2cc(-c3cc(C(C)(C)C)cc4c5cc(C(C)(C)C)ccc5n(-c5ccccc5)c34)ccn2)[c-]c(-c2cccc3c2nc(-c2ccc(F)cc2O)n3-c2ccc(C(C)(C)C)cc2-c2ccccc2)c1.[Pt]. The molecule has 0 saturated carbocycles. The van der Waals surface area contributed by atoms with Crippen molar-refractivity contribution in [2.24, 2.45) is 0 Å². The molecule has 0 fully saturated rings. The smallest absolute Gasteiger partial charge is 0.148 e. The van der Waals surface area contributed by atoms with Crippen LogP contribution in [-0.2, 0) is 42.7 Å². The first-order chi connectivity index (χ1) is 36.0. The Morgan fingerprint density at radius 1 is 0.468 bits per heavy atom. The predicted molar refractivity (Wildman–Crippen MR) is 316 cm³/mol. The summed E-state index contributed by atoms with van der Waals surface area (Å²) in [6, 6.07) is 62.6. The fourth-order valence-electron chi connectivity index (χ4n) is 10.6. The van der Waals surface area contributed by atoms with Gasteiger partial charge in [-0.15, -0.1) is 29.3 Å². The van der Waals surface area contributed by atoms with E-state index in [1.165, 1.54) is 39.0 Å². The summed E-state index contributed by atoms with van der Waals surface area (Å²) in [5.74, 6) is -0.222. The van der Waals surface area contributed by atoms with Gasteiger partial charge in [0.15, 0.2) is 0 Å². The summed E-state index contributed by atoms with van der Waals surface area (Å²) in [6.45, 7) is 27.1. The predicted octanol–water partition coefficient (Wildman–Crippen LogP) is 18.7. The van der Waals surface area contributed by atoms with Crippen LogP contribution >= 0.6 is 0 Å². The maximum absolute atomic E-state index is 14.8. The van der Waals surface area contributed by atoms with Crippen LogP contribution in [0.25, 0.3) is 100 Å². The second kappa shape index (κ2) is 19.6. The number of phenolic OH excluding ortho intramolecular Hbond substituents is 1. The first kappa shape index (κ1) is 53.0. The molecule has 0 unspecified atom stereocenters. The Morgan fingerprint density at radius 3 is 1.75 bits per heavy atom. The van der Waals surface area contributed by atoms with E-state index in [0.29, 0.717) is 11.4 Å². The Morgan fingerprint density at radius 2 is 1.08 bits per heavy atom. The summed E-state index contributed by atoms with van der Waals surface area (Å²) in [7, 11) is 0. The molecule has 0 bridgehead atoms. The van der Waals surface area contributed by atoms with Gasteiger partial charge in [0.2, 0.25) is 0 Å². The zero-order chi connectivity index (χ0) is 53.6. The monoisotopic (exact) mass is 1190 g/mol. The Labute approximate surface area is 467 Å². The van der Waals surface area contributed by atoms with Gasteiger partial charge in [-0.2, -0.15) is 0 Å². The molecule has 7 heteroatoms. The van der Waals surface area contributed by atoms with Crippen molar-refractivity contribution < 1.29 is 30.6 Å². The van der Waals surface area contributed by atoms with E-state index in [4.69, 9.17) is 9.97 Å². The van der Waals surface area contributed by atoms with Crippen molar-refractivity contribution >= 4 is 32.8 Å². The van der Waals surface area contributed by atoms with Gasteiger partial charge in [0, 0.05) is 66.6 Å². The third-order valence-corrected chi connectivity index (χ3v) is 15.1. The minimum atomic E-state index is -0.525. The van der Waals surface area contributed by atoms with E-state index < -0.39 is 5.82 Å². The summed E-state index contributed by atoms with van der Waals surface area (Å²) < 4.78 is 19.3. The number of para-hydroxylation sites is 2. The molecule has 0 amide bonds. The van der Waals surface area contributed by atoms with Crippen molar-refractivity contribution in [1.82, 2.24) is 19.1 Å². The molecule has 0 aliphatic carbocycles. The number of aromatic nitrogens is 4. The minimum Gasteiger partial charge on any atom is -0.507 e. The van der Waals surface area contributed by atoms with Gasteiger partial charge < -0.3 is 9.67 Å². The number of hydrogen-bond donors (Lipinski definition) is 1. The number of halogens is 1. The molecule has 0 aliphatic heterocycles. The van der Waals surface area contributed by atoms with Crippen LogP contribution < -0.4 is 0 Å². The summed E-state index contributed by atoms with van der Waals surface area (Å²) in [5.41, 5.74) is 18.3. The van der Waals surface area contributed by atoms with Gasteiger partial charge in [0.05, 0.1) is 33.3 Å². The van der Waals surface area contributed by atoms with Gasteiger partial charge in [0.25, 0.3) is 0 Å². The Balaban J connectivity index is 0.00000672. The first-order valence-electron chi connectivity index (χ1n) is 26.5. The topological polar surface area (TPSA) is 55.9 Å². The van der Waals surface area contributed by atoms with Crippen molar-refractivity contribution in [1.29, 1.82) is 0 Å². The largest absolute Gasteiger partial charge is 0.507 e. The van der Waals surface area contributed by atoms with Gasteiger partial charge >= 0.3 is 0 Å². The number of nitrogens with zero attached hydrogens (tertiary/aromatic N) is 4. The number of hydrogen-bond acceptors (Lipinski definition) is 3. The molecule has 11 rings (SSSR count). The molecule has 0 spiro atoms. The number of pyridine rings is 1. The number of phenols is 1. The van der Waals surface area contributed by atoms with E-state index in [2.05, 4.69) is 244 Å². The molecule has 0 aliphatic rings. The molecule has 0 atom stereocenters. The third kappa shape index (κ3) is 9.87. The van der Waals surface area contributed by atoms with E-state index in [-0.39, 0.29) is 48.5 Å². The standard InChI is InChI=1S/C70H66FN4O.Pt/c1-67(2,3)47-26-30-60(55(38-47)43-20-15-13-16-21-43)75-62-25-19-24-53(64(62)73-66(75)54-29-28-51(71)42-63(54)76)45-34-46(36-49(35-45)69(7,8)9)59-37-44(32-33-72-59)56-40-50(70(10,11)12)41-58-57-39-48(68(4,5)6)27-31-61(57)74(65(56)58)52-22-17-14-18-23-52;/h13-33,35-42,76H,1-12H3;/q-1;. The summed E-state index contributed by atoms with van der Waals surface area (Å²) >= 11 is 0. The van der Waals surface area contributed by atoms with Crippen molar-refractivity contribution in [2.45, 2.75) is 105 Å². The maximum atomic E-state index is 14.8. The average Bonchev–Trinajstić information content (AvgIpc) is 4.14. The molecule has 390 valence electrons. The maximum Gasteiger partial charge on any atom is 0.148 e. The van der Waals surface area contributed by atoms with Crippen LogP contribution in [0.1, 0.15) is 105 Å². The van der Waals surface area contributed by atoms with E-state index in [1.54, 1.807) is 6.07 Å². The van der Waals surface area contributed by atoms with Crippen LogP contribution in [0.2, 0.25) is 0 Å². The number of imidazole rings is 1. The molecule has 1 N–H and O–H groups in total.